The van der Waals surface area contributed by atoms with E-state index in [1.165, 1.54) is 5.39 Å². The molecule has 3 aromatic carbocycles. The number of nitrogens with zero attached hydrogens (tertiary/aromatic N) is 2. The van der Waals surface area contributed by atoms with E-state index >= 15 is 0 Å². The van der Waals surface area contributed by atoms with Gasteiger partial charge in [-0.15, -0.1) is 0 Å². The predicted molar refractivity (Wildman–Crippen MR) is 118 cm³/mol. The van der Waals surface area contributed by atoms with Crippen LogP contribution in [0.5, 0.6) is 0 Å². The Balaban J connectivity index is 1.69. The van der Waals surface area contributed by atoms with Gasteiger partial charge >= 0.3 is 7.12 Å². The van der Waals surface area contributed by atoms with Crippen molar-refractivity contribution in [2.75, 3.05) is 0 Å². The highest BCUT2D eigenvalue weighted by Gasteiger charge is 2.42. The van der Waals surface area contributed by atoms with Crippen molar-refractivity contribution in [2.45, 2.75) is 19.4 Å². The molecule has 0 N–H and O–H groups in total. The highest BCUT2D eigenvalue weighted by atomic mass is 16.7. The van der Waals surface area contributed by atoms with Crippen LogP contribution in [0.2, 0.25) is 0 Å². The normalized spacial score (nSPS) is 16.3. The Hall–Kier alpha value is -3.31. The lowest BCUT2D eigenvalue weighted by molar-refractivity contribution is 0.173. The number of aromatic nitrogens is 2. The smallest absolute Gasteiger partial charge is 0.534 e. The molecular weight excluding hydrogens is 359 g/mol. The first-order valence-electron chi connectivity index (χ1n) is 9.78. The zero-order chi connectivity index (χ0) is 19.8. The molecule has 4 nitrogen and oxygen atoms in total. The summed E-state index contributed by atoms with van der Waals surface area (Å²) in [7, 11) is -0.448. The van der Waals surface area contributed by atoms with Gasteiger partial charge < -0.3 is 9.31 Å². The molecule has 0 radical (unpaired) electrons. The zero-order valence-electron chi connectivity index (χ0n) is 16.3. The Morgan fingerprint density at radius 1 is 0.897 bits per heavy atom. The molecule has 5 aromatic rings. The number of hydrogen-bond donors (Lipinski definition) is 0. The third kappa shape index (κ3) is 2.28. The van der Waals surface area contributed by atoms with E-state index in [1.54, 1.807) is 0 Å². The molecule has 0 bridgehead atoms. The van der Waals surface area contributed by atoms with Gasteiger partial charge in [0.2, 0.25) is 0 Å². The molecule has 0 spiro atoms. The molecule has 0 aliphatic carbocycles. The zero-order valence-corrected chi connectivity index (χ0v) is 16.3. The fraction of sp³-hybridized carbons (Fsp3) is 0.125. The summed E-state index contributed by atoms with van der Waals surface area (Å²) in [6, 6.07) is 23.1. The third-order valence-electron chi connectivity index (χ3n) is 5.88. The second kappa shape index (κ2) is 5.61. The summed E-state index contributed by atoms with van der Waals surface area (Å²) in [5.74, 6) is 0.655. The van der Waals surface area contributed by atoms with E-state index in [0.29, 0.717) is 5.76 Å². The van der Waals surface area contributed by atoms with E-state index in [1.807, 2.05) is 19.9 Å². The first-order chi connectivity index (χ1) is 14.0. The van der Waals surface area contributed by atoms with E-state index in [0.717, 1.165) is 38.4 Å². The SMILES string of the molecule is C=C1OB(c2ccc3c(c2)c2ccccc2n2c4ccccc4nc32)OC1(C)C. The molecule has 6 rings (SSSR count). The summed E-state index contributed by atoms with van der Waals surface area (Å²) < 4.78 is 14.3. The second-order valence-electron chi connectivity index (χ2n) is 8.08. The van der Waals surface area contributed by atoms with Crippen LogP contribution in [0.25, 0.3) is 38.4 Å². The lowest BCUT2D eigenvalue weighted by atomic mass is 9.78. The van der Waals surface area contributed by atoms with Crippen molar-refractivity contribution in [2.24, 2.45) is 0 Å². The molecule has 1 aliphatic rings. The minimum atomic E-state index is -0.494. The standard InChI is InChI=1S/C24H19BN2O2/c1-15-24(2,3)29-25(28-15)16-12-13-18-19(14-16)17-8-4-6-10-21(17)27-22-11-7-5-9-20(22)26-23(18)27/h4-14H,1H2,2-3H3. The van der Waals surface area contributed by atoms with Gasteiger partial charge in [0, 0.05) is 10.8 Å². The van der Waals surface area contributed by atoms with Crippen molar-refractivity contribution >= 4 is 50.9 Å². The fourth-order valence-corrected chi connectivity index (χ4v) is 4.24. The van der Waals surface area contributed by atoms with Gasteiger partial charge in [0.25, 0.3) is 0 Å². The van der Waals surface area contributed by atoms with E-state index in [4.69, 9.17) is 14.3 Å². The van der Waals surface area contributed by atoms with Crippen LogP contribution < -0.4 is 5.46 Å². The number of para-hydroxylation sites is 3. The molecule has 0 atom stereocenters. The van der Waals surface area contributed by atoms with Crippen LogP contribution >= 0.6 is 0 Å². The van der Waals surface area contributed by atoms with Crippen LogP contribution in [0.3, 0.4) is 0 Å². The number of benzene rings is 3. The molecule has 140 valence electrons. The summed E-state index contributed by atoms with van der Waals surface area (Å²) in [6.07, 6.45) is 0. The molecular formula is C24H19BN2O2. The minimum absolute atomic E-state index is 0.448. The van der Waals surface area contributed by atoms with E-state index in [9.17, 15) is 0 Å². The van der Waals surface area contributed by atoms with Gasteiger partial charge in [-0.3, -0.25) is 4.40 Å². The Kier molecular flexibility index (Phi) is 3.22. The van der Waals surface area contributed by atoms with Crippen LogP contribution in [-0.4, -0.2) is 22.1 Å². The second-order valence-corrected chi connectivity index (χ2v) is 8.08. The average Bonchev–Trinajstić information content (AvgIpc) is 3.25. The third-order valence-corrected chi connectivity index (χ3v) is 5.88. The molecule has 0 saturated carbocycles. The molecule has 0 unspecified atom stereocenters. The summed E-state index contributed by atoms with van der Waals surface area (Å²) >= 11 is 0. The van der Waals surface area contributed by atoms with Crippen molar-refractivity contribution < 1.29 is 9.31 Å². The van der Waals surface area contributed by atoms with Gasteiger partial charge in [-0.2, -0.15) is 0 Å². The quantitative estimate of drug-likeness (QED) is 0.310. The van der Waals surface area contributed by atoms with Crippen LogP contribution in [-0.2, 0) is 9.31 Å². The predicted octanol–water partition coefficient (Wildman–Crippen LogP) is 4.83. The number of imidazole rings is 1. The molecule has 3 heterocycles. The van der Waals surface area contributed by atoms with Gasteiger partial charge in [0.1, 0.15) is 11.2 Å². The van der Waals surface area contributed by atoms with Gasteiger partial charge in [-0.05, 0) is 42.9 Å². The van der Waals surface area contributed by atoms with Crippen LogP contribution in [0, 0.1) is 0 Å². The summed E-state index contributed by atoms with van der Waals surface area (Å²) in [4.78, 5) is 4.94. The largest absolute Gasteiger partial charge is 0.563 e. The highest BCUT2D eigenvalue weighted by molar-refractivity contribution is 6.62. The maximum atomic E-state index is 6.10. The Bertz CT molecular complexity index is 1470. The summed E-state index contributed by atoms with van der Waals surface area (Å²) in [5, 5.41) is 3.43. The van der Waals surface area contributed by atoms with Gasteiger partial charge in [0.05, 0.1) is 22.3 Å². The summed E-state index contributed by atoms with van der Waals surface area (Å²) in [6.45, 7) is 7.95. The lowest BCUT2D eigenvalue weighted by Gasteiger charge is -2.15. The topological polar surface area (TPSA) is 35.8 Å². The number of rotatable bonds is 1. The molecule has 0 amide bonds. The molecule has 1 saturated heterocycles. The van der Waals surface area contributed by atoms with Crippen molar-refractivity contribution in [1.29, 1.82) is 0 Å². The highest BCUT2D eigenvalue weighted by Crippen LogP contribution is 2.33. The molecule has 29 heavy (non-hydrogen) atoms. The summed E-state index contributed by atoms with van der Waals surface area (Å²) in [5.41, 5.74) is 4.70. The van der Waals surface area contributed by atoms with Gasteiger partial charge in [-0.1, -0.05) is 55.1 Å². The Labute approximate surface area is 168 Å². The maximum absolute atomic E-state index is 6.10. The van der Waals surface area contributed by atoms with E-state index < -0.39 is 12.7 Å². The fourth-order valence-electron chi connectivity index (χ4n) is 4.24. The molecule has 2 aromatic heterocycles. The number of hydrogen-bond acceptors (Lipinski definition) is 3. The number of fused-ring (bicyclic) bond motifs is 8. The first-order valence-corrected chi connectivity index (χ1v) is 9.78. The number of pyridine rings is 1. The van der Waals surface area contributed by atoms with E-state index in [2.05, 4.69) is 71.6 Å². The van der Waals surface area contributed by atoms with Crippen LogP contribution in [0.1, 0.15) is 13.8 Å². The van der Waals surface area contributed by atoms with Gasteiger partial charge in [0.15, 0.2) is 0 Å². The van der Waals surface area contributed by atoms with Crippen LogP contribution in [0.4, 0.5) is 0 Å². The lowest BCUT2D eigenvalue weighted by Crippen LogP contribution is -2.34. The van der Waals surface area contributed by atoms with Crippen LogP contribution in [0.15, 0.2) is 79.1 Å². The Morgan fingerprint density at radius 3 is 2.45 bits per heavy atom. The average molecular weight is 378 g/mol. The Morgan fingerprint density at radius 2 is 1.66 bits per heavy atom. The molecule has 1 aliphatic heterocycles. The van der Waals surface area contributed by atoms with E-state index in [-0.39, 0.29) is 0 Å². The minimum Gasteiger partial charge on any atom is -0.534 e. The monoisotopic (exact) mass is 378 g/mol. The first kappa shape index (κ1) is 16.6. The van der Waals surface area contributed by atoms with Crippen molar-refractivity contribution in [3.63, 3.8) is 0 Å². The van der Waals surface area contributed by atoms with Crippen molar-refractivity contribution in [3.05, 3.63) is 79.1 Å². The van der Waals surface area contributed by atoms with Crippen molar-refractivity contribution in [1.82, 2.24) is 9.38 Å². The van der Waals surface area contributed by atoms with Crippen molar-refractivity contribution in [3.8, 4) is 0 Å². The van der Waals surface area contributed by atoms with Gasteiger partial charge in [-0.25, -0.2) is 4.98 Å². The molecule has 1 fully saturated rings. The maximum Gasteiger partial charge on any atom is 0.563 e. The molecule has 5 heteroatoms.